The standard InChI is InChI=1S/C10H12F2N2/c1-7-5-14-9(6-13-7)3-2-8-4-10(8,11)12/h5-6,8H,2-4H2,1H3. The molecule has 0 saturated heterocycles. The molecule has 1 aromatic heterocycles. The van der Waals surface area contributed by atoms with Gasteiger partial charge in [0.2, 0.25) is 0 Å². The van der Waals surface area contributed by atoms with Gasteiger partial charge in [-0.15, -0.1) is 0 Å². The molecule has 0 spiro atoms. The lowest BCUT2D eigenvalue weighted by Gasteiger charge is -1.99. The minimum Gasteiger partial charge on any atom is -0.258 e. The van der Waals surface area contributed by atoms with Crippen molar-refractivity contribution in [3.05, 3.63) is 23.8 Å². The van der Waals surface area contributed by atoms with Gasteiger partial charge in [-0.1, -0.05) is 0 Å². The van der Waals surface area contributed by atoms with Crippen molar-refractivity contribution >= 4 is 0 Å². The van der Waals surface area contributed by atoms with Crippen molar-refractivity contribution < 1.29 is 8.78 Å². The van der Waals surface area contributed by atoms with Gasteiger partial charge in [-0.3, -0.25) is 9.97 Å². The summed E-state index contributed by atoms with van der Waals surface area (Å²) in [7, 11) is 0. The van der Waals surface area contributed by atoms with Crippen LogP contribution in [0.4, 0.5) is 8.78 Å². The van der Waals surface area contributed by atoms with Gasteiger partial charge in [0.05, 0.1) is 11.4 Å². The van der Waals surface area contributed by atoms with Crippen molar-refractivity contribution in [1.82, 2.24) is 9.97 Å². The van der Waals surface area contributed by atoms with Gasteiger partial charge in [0.1, 0.15) is 0 Å². The Kier molecular flexibility index (Phi) is 2.21. The van der Waals surface area contributed by atoms with Crippen molar-refractivity contribution in [3.63, 3.8) is 0 Å². The lowest BCUT2D eigenvalue weighted by molar-refractivity contribution is 0.0971. The van der Waals surface area contributed by atoms with Gasteiger partial charge in [-0.05, 0) is 19.8 Å². The van der Waals surface area contributed by atoms with E-state index in [0.29, 0.717) is 12.8 Å². The highest BCUT2D eigenvalue weighted by Crippen LogP contribution is 2.50. The Balaban J connectivity index is 1.84. The molecule has 1 saturated carbocycles. The monoisotopic (exact) mass is 198 g/mol. The van der Waals surface area contributed by atoms with E-state index in [4.69, 9.17) is 0 Å². The highest BCUT2D eigenvalue weighted by Gasteiger charge is 2.55. The zero-order valence-electron chi connectivity index (χ0n) is 8.00. The maximum absolute atomic E-state index is 12.5. The van der Waals surface area contributed by atoms with E-state index in [1.54, 1.807) is 12.4 Å². The average molecular weight is 198 g/mol. The zero-order valence-corrected chi connectivity index (χ0v) is 8.00. The van der Waals surface area contributed by atoms with E-state index >= 15 is 0 Å². The maximum atomic E-state index is 12.5. The fraction of sp³-hybridized carbons (Fsp3) is 0.600. The second-order valence-electron chi connectivity index (χ2n) is 3.85. The van der Waals surface area contributed by atoms with Crippen molar-refractivity contribution in [3.8, 4) is 0 Å². The maximum Gasteiger partial charge on any atom is 0.251 e. The number of hydrogen-bond donors (Lipinski definition) is 0. The molecule has 0 aliphatic heterocycles. The average Bonchev–Trinajstić information content (AvgIpc) is 2.73. The summed E-state index contributed by atoms with van der Waals surface area (Å²) in [5.74, 6) is -2.83. The van der Waals surface area contributed by atoms with Gasteiger partial charge in [0, 0.05) is 24.7 Å². The predicted octanol–water partition coefficient (Wildman–Crippen LogP) is 2.37. The van der Waals surface area contributed by atoms with Gasteiger partial charge < -0.3 is 0 Å². The molecule has 4 heteroatoms. The number of halogens is 2. The SMILES string of the molecule is Cc1cnc(CCC2CC2(F)F)cn1. The normalized spacial score (nSPS) is 23.5. The molecule has 0 bridgehead atoms. The van der Waals surface area contributed by atoms with E-state index in [2.05, 4.69) is 9.97 Å². The summed E-state index contributed by atoms with van der Waals surface area (Å²) in [6.07, 6.45) is 4.50. The van der Waals surface area contributed by atoms with Crippen LogP contribution in [-0.4, -0.2) is 15.9 Å². The first-order chi connectivity index (χ1) is 6.58. The van der Waals surface area contributed by atoms with E-state index in [9.17, 15) is 8.78 Å². The zero-order chi connectivity index (χ0) is 10.2. The molecule has 2 rings (SSSR count). The minimum atomic E-state index is -2.40. The summed E-state index contributed by atoms with van der Waals surface area (Å²) in [6, 6.07) is 0. The Morgan fingerprint density at radius 2 is 2.14 bits per heavy atom. The van der Waals surface area contributed by atoms with Gasteiger partial charge in [-0.2, -0.15) is 0 Å². The summed E-state index contributed by atoms with van der Waals surface area (Å²) >= 11 is 0. The highest BCUT2D eigenvalue weighted by molar-refractivity contribution is 5.03. The molecule has 0 N–H and O–H groups in total. The third-order valence-electron chi connectivity index (χ3n) is 2.54. The number of aromatic nitrogens is 2. The molecule has 1 aromatic rings. The molecule has 14 heavy (non-hydrogen) atoms. The predicted molar refractivity (Wildman–Crippen MR) is 48.1 cm³/mol. The van der Waals surface area contributed by atoms with Gasteiger partial charge >= 0.3 is 0 Å². The van der Waals surface area contributed by atoms with Crippen molar-refractivity contribution in [1.29, 1.82) is 0 Å². The second-order valence-corrected chi connectivity index (χ2v) is 3.85. The van der Waals surface area contributed by atoms with Crippen LogP contribution in [0, 0.1) is 12.8 Å². The lowest BCUT2D eigenvalue weighted by atomic mass is 10.2. The van der Waals surface area contributed by atoms with Crippen LogP contribution in [-0.2, 0) is 6.42 Å². The number of rotatable bonds is 3. The summed E-state index contributed by atoms with van der Waals surface area (Å²) < 4.78 is 25.1. The first-order valence-corrected chi connectivity index (χ1v) is 4.73. The van der Waals surface area contributed by atoms with E-state index < -0.39 is 11.8 Å². The summed E-state index contributed by atoms with van der Waals surface area (Å²) in [5, 5.41) is 0. The molecule has 1 atom stereocenters. The number of nitrogens with zero attached hydrogens (tertiary/aromatic N) is 2. The van der Waals surface area contributed by atoms with Crippen LogP contribution in [0.5, 0.6) is 0 Å². The Morgan fingerprint density at radius 1 is 1.43 bits per heavy atom. The van der Waals surface area contributed by atoms with E-state index in [0.717, 1.165) is 11.4 Å². The van der Waals surface area contributed by atoms with Crippen molar-refractivity contribution in [2.75, 3.05) is 0 Å². The molecule has 0 amide bonds. The third kappa shape index (κ3) is 2.05. The number of aryl methyl sites for hydroxylation is 2. The Labute approximate surface area is 81.4 Å². The molecule has 1 unspecified atom stereocenters. The Bertz CT molecular complexity index is 321. The van der Waals surface area contributed by atoms with Crippen LogP contribution in [0.1, 0.15) is 24.2 Å². The molecule has 1 aliphatic carbocycles. The molecule has 0 radical (unpaired) electrons. The quantitative estimate of drug-likeness (QED) is 0.745. The molecule has 0 aromatic carbocycles. The van der Waals surface area contributed by atoms with E-state index in [-0.39, 0.29) is 6.42 Å². The van der Waals surface area contributed by atoms with Crippen LogP contribution in [0.2, 0.25) is 0 Å². The fourth-order valence-corrected chi connectivity index (χ4v) is 1.45. The van der Waals surface area contributed by atoms with E-state index in [1.165, 1.54) is 0 Å². The first-order valence-electron chi connectivity index (χ1n) is 4.73. The third-order valence-corrected chi connectivity index (χ3v) is 2.54. The van der Waals surface area contributed by atoms with Crippen LogP contribution >= 0.6 is 0 Å². The number of hydrogen-bond acceptors (Lipinski definition) is 2. The topological polar surface area (TPSA) is 25.8 Å². The minimum absolute atomic E-state index is 0.0479. The molecule has 1 fully saturated rings. The second kappa shape index (κ2) is 3.26. The lowest BCUT2D eigenvalue weighted by Crippen LogP contribution is -1.98. The molecule has 1 aliphatic rings. The Hall–Kier alpha value is -1.06. The number of alkyl halides is 2. The smallest absolute Gasteiger partial charge is 0.251 e. The fourth-order valence-electron chi connectivity index (χ4n) is 1.45. The molecular formula is C10H12F2N2. The molecule has 76 valence electrons. The van der Waals surface area contributed by atoms with Crippen LogP contribution in [0.3, 0.4) is 0 Å². The molecular weight excluding hydrogens is 186 g/mol. The van der Waals surface area contributed by atoms with Crippen molar-refractivity contribution in [2.24, 2.45) is 5.92 Å². The summed E-state index contributed by atoms with van der Waals surface area (Å²) in [4.78, 5) is 8.18. The van der Waals surface area contributed by atoms with Crippen LogP contribution in [0.15, 0.2) is 12.4 Å². The first kappa shape index (κ1) is 9.49. The van der Waals surface area contributed by atoms with E-state index in [1.807, 2.05) is 6.92 Å². The van der Waals surface area contributed by atoms with Crippen molar-refractivity contribution in [2.45, 2.75) is 32.1 Å². The summed E-state index contributed by atoms with van der Waals surface area (Å²) in [5.41, 5.74) is 1.66. The Morgan fingerprint density at radius 3 is 2.64 bits per heavy atom. The van der Waals surface area contributed by atoms with Crippen LogP contribution < -0.4 is 0 Å². The largest absolute Gasteiger partial charge is 0.258 e. The highest BCUT2D eigenvalue weighted by atomic mass is 19.3. The van der Waals surface area contributed by atoms with Gasteiger partial charge in [0.25, 0.3) is 5.92 Å². The van der Waals surface area contributed by atoms with Crippen LogP contribution in [0.25, 0.3) is 0 Å². The summed E-state index contributed by atoms with van der Waals surface area (Å²) in [6.45, 7) is 1.85. The van der Waals surface area contributed by atoms with Gasteiger partial charge in [0.15, 0.2) is 0 Å². The molecule has 1 heterocycles. The van der Waals surface area contributed by atoms with Gasteiger partial charge in [-0.25, -0.2) is 8.78 Å². The molecule has 2 nitrogen and oxygen atoms in total.